The molecule has 0 spiro atoms. The summed E-state index contributed by atoms with van der Waals surface area (Å²) in [7, 11) is 0. The highest BCUT2D eigenvalue weighted by molar-refractivity contribution is 7.99. The molecule has 3 aromatic rings. The van der Waals surface area contributed by atoms with Gasteiger partial charge in [0.05, 0.1) is 23.2 Å². The first-order chi connectivity index (χ1) is 14.1. The van der Waals surface area contributed by atoms with Crippen LogP contribution in [0.4, 0.5) is 5.69 Å². The van der Waals surface area contributed by atoms with E-state index in [1.165, 1.54) is 11.3 Å². The third-order valence-electron chi connectivity index (χ3n) is 4.49. The molecule has 6 nitrogen and oxygen atoms in total. The van der Waals surface area contributed by atoms with E-state index in [0.29, 0.717) is 33.5 Å². The summed E-state index contributed by atoms with van der Waals surface area (Å²) in [6.07, 6.45) is 0. The molecule has 1 aliphatic heterocycles. The molecule has 1 aromatic carbocycles. The average molecular weight is 441 g/mol. The van der Waals surface area contributed by atoms with Crippen LogP contribution in [0.5, 0.6) is 0 Å². The molecule has 1 fully saturated rings. The Kier molecular flexibility index (Phi) is 5.67. The van der Waals surface area contributed by atoms with Crippen molar-refractivity contribution < 1.29 is 9.59 Å². The van der Waals surface area contributed by atoms with Crippen LogP contribution in [0.15, 0.2) is 41.1 Å². The summed E-state index contributed by atoms with van der Waals surface area (Å²) in [6.45, 7) is 1.83. The predicted molar refractivity (Wildman–Crippen MR) is 117 cm³/mol. The molecular weight excluding hydrogens is 424 g/mol. The summed E-state index contributed by atoms with van der Waals surface area (Å²) < 4.78 is 0. The van der Waals surface area contributed by atoms with Gasteiger partial charge < -0.3 is 10.2 Å². The first-order valence-corrected chi connectivity index (χ1v) is 11.7. The van der Waals surface area contributed by atoms with Gasteiger partial charge in [-0.3, -0.25) is 9.59 Å². The van der Waals surface area contributed by atoms with Crippen molar-refractivity contribution in [3.63, 3.8) is 0 Å². The molecule has 3 heterocycles. The van der Waals surface area contributed by atoms with Gasteiger partial charge in [-0.15, -0.1) is 23.1 Å². The number of amides is 2. The van der Waals surface area contributed by atoms with Gasteiger partial charge in [-0.05, 0) is 42.6 Å². The zero-order chi connectivity index (χ0) is 20.4. The standard InChI is InChI=1S/C20H16N4O2S3/c1-12-17(29-19(22-12)14-6-7-27-9-14)20(26)24-11-28-10-16(24)18(25)23-15-4-2-13(8-21)3-5-15/h2-7,9,16H,10-11H2,1H3,(H,23,25). The summed E-state index contributed by atoms with van der Waals surface area (Å²) >= 11 is 4.51. The van der Waals surface area contributed by atoms with Crippen LogP contribution in [0, 0.1) is 18.3 Å². The number of carbonyl (C=O) groups is 2. The zero-order valence-corrected chi connectivity index (χ0v) is 17.9. The summed E-state index contributed by atoms with van der Waals surface area (Å²) in [5, 5.41) is 16.5. The van der Waals surface area contributed by atoms with E-state index < -0.39 is 6.04 Å². The van der Waals surface area contributed by atoms with Gasteiger partial charge in [0.25, 0.3) is 5.91 Å². The lowest BCUT2D eigenvalue weighted by Gasteiger charge is -2.22. The van der Waals surface area contributed by atoms with Crippen molar-refractivity contribution in [1.29, 1.82) is 5.26 Å². The van der Waals surface area contributed by atoms with Crippen molar-refractivity contribution in [3.05, 3.63) is 57.2 Å². The first-order valence-electron chi connectivity index (χ1n) is 8.76. The van der Waals surface area contributed by atoms with Gasteiger partial charge in [-0.1, -0.05) is 0 Å². The number of hydrogen-bond acceptors (Lipinski definition) is 7. The number of rotatable bonds is 4. The number of aryl methyl sites for hydroxylation is 1. The van der Waals surface area contributed by atoms with Crippen molar-refractivity contribution in [1.82, 2.24) is 9.88 Å². The van der Waals surface area contributed by atoms with Crippen molar-refractivity contribution >= 4 is 51.9 Å². The van der Waals surface area contributed by atoms with Gasteiger partial charge in [-0.2, -0.15) is 16.6 Å². The predicted octanol–water partition coefficient (Wildman–Crippen LogP) is 4.21. The topological polar surface area (TPSA) is 86.1 Å². The largest absolute Gasteiger partial charge is 0.324 e. The van der Waals surface area contributed by atoms with Gasteiger partial charge >= 0.3 is 0 Å². The first kappa shape index (κ1) is 19.6. The molecule has 0 radical (unpaired) electrons. The van der Waals surface area contributed by atoms with E-state index >= 15 is 0 Å². The number of thioether (sulfide) groups is 1. The normalized spacial score (nSPS) is 15.9. The summed E-state index contributed by atoms with van der Waals surface area (Å²) in [6, 6.07) is 10.1. The molecule has 1 atom stereocenters. The molecule has 1 saturated heterocycles. The fourth-order valence-electron chi connectivity index (χ4n) is 2.95. The minimum atomic E-state index is -0.547. The van der Waals surface area contributed by atoms with E-state index in [1.807, 2.05) is 29.8 Å². The molecule has 4 rings (SSSR count). The van der Waals surface area contributed by atoms with Crippen LogP contribution in [0.25, 0.3) is 10.6 Å². The number of thiophene rings is 1. The van der Waals surface area contributed by atoms with Crippen molar-refractivity contribution in [2.45, 2.75) is 13.0 Å². The van der Waals surface area contributed by atoms with Gasteiger partial charge in [0.15, 0.2) is 0 Å². The van der Waals surface area contributed by atoms with Crippen molar-refractivity contribution in [3.8, 4) is 16.6 Å². The Morgan fingerprint density at radius 2 is 2.07 bits per heavy atom. The minimum absolute atomic E-state index is 0.161. The number of nitrogens with one attached hydrogen (secondary N) is 1. The van der Waals surface area contributed by atoms with Crippen LogP contribution in [0.2, 0.25) is 0 Å². The highest BCUT2D eigenvalue weighted by Gasteiger charge is 2.36. The molecule has 2 aromatic heterocycles. The lowest BCUT2D eigenvalue weighted by atomic mass is 10.2. The highest BCUT2D eigenvalue weighted by atomic mass is 32.2. The number of thiazole rings is 1. The third-order valence-corrected chi connectivity index (χ3v) is 7.38. The molecule has 1 aliphatic rings. The molecule has 0 bridgehead atoms. The van der Waals surface area contributed by atoms with E-state index in [2.05, 4.69) is 10.3 Å². The van der Waals surface area contributed by atoms with Crippen molar-refractivity contribution in [2.24, 2.45) is 0 Å². The molecule has 0 aliphatic carbocycles. The molecule has 9 heteroatoms. The van der Waals surface area contributed by atoms with Gasteiger partial charge in [0.2, 0.25) is 5.91 Å². The molecule has 0 saturated carbocycles. The Morgan fingerprint density at radius 1 is 1.28 bits per heavy atom. The SMILES string of the molecule is Cc1nc(-c2ccsc2)sc1C(=O)N1CSCC1C(=O)Nc1ccc(C#N)cc1. The minimum Gasteiger partial charge on any atom is -0.324 e. The quantitative estimate of drug-likeness (QED) is 0.657. The Bertz CT molecular complexity index is 1080. The second kappa shape index (κ2) is 8.37. The summed E-state index contributed by atoms with van der Waals surface area (Å²) in [5.74, 6) is 0.623. The third kappa shape index (κ3) is 4.05. The van der Waals surface area contributed by atoms with Crippen LogP contribution in [0.1, 0.15) is 20.9 Å². The fourth-order valence-corrected chi connectivity index (χ4v) is 5.84. The Hall–Kier alpha value is -2.67. The second-order valence-electron chi connectivity index (χ2n) is 6.41. The lowest BCUT2D eigenvalue weighted by molar-refractivity contribution is -0.119. The van der Waals surface area contributed by atoms with Crippen LogP contribution < -0.4 is 5.32 Å². The van der Waals surface area contributed by atoms with Gasteiger partial charge in [-0.25, -0.2) is 4.98 Å². The maximum absolute atomic E-state index is 13.2. The molecule has 1 unspecified atom stereocenters. The average Bonchev–Trinajstić information content (AvgIpc) is 3.48. The molecule has 29 heavy (non-hydrogen) atoms. The lowest BCUT2D eigenvalue weighted by Crippen LogP contribution is -2.44. The maximum atomic E-state index is 13.2. The van der Waals surface area contributed by atoms with E-state index in [9.17, 15) is 9.59 Å². The molecule has 146 valence electrons. The van der Waals surface area contributed by atoms with Crippen LogP contribution in [-0.4, -0.2) is 39.4 Å². The van der Waals surface area contributed by atoms with Gasteiger partial charge in [0, 0.05) is 22.4 Å². The summed E-state index contributed by atoms with van der Waals surface area (Å²) in [5.41, 5.74) is 2.82. The number of nitrogens with zero attached hydrogens (tertiary/aromatic N) is 3. The van der Waals surface area contributed by atoms with E-state index in [-0.39, 0.29) is 11.8 Å². The number of aromatic nitrogens is 1. The molecule has 2 amide bonds. The number of benzene rings is 1. The van der Waals surface area contributed by atoms with Crippen LogP contribution in [-0.2, 0) is 4.79 Å². The maximum Gasteiger partial charge on any atom is 0.267 e. The monoisotopic (exact) mass is 440 g/mol. The van der Waals surface area contributed by atoms with E-state index in [4.69, 9.17) is 5.26 Å². The van der Waals surface area contributed by atoms with E-state index in [1.54, 1.807) is 52.3 Å². The zero-order valence-electron chi connectivity index (χ0n) is 15.4. The summed E-state index contributed by atoms with van der Waals surface area (Å²) in [4.78, 5) is 32.7. The van der Waals surface area contributed by atoms with Crippen LogP contribution in [0.3, 0.4) is 0 Å². The number of anilines is 1. The highest BCUT2D eigenvalue weighted by Crippen LogP contribution is 2.32. The molecule has 1 N–H and O–H groups in total. The van der Waals surface area contributed by atoms with Crippen LogP contribution >= 0.6 is 34.4 Å². The number of nitriles is 1. The van der Waals surface area contributed by atoms with E-state index in [0.717, 1.165) is 10.6 Å². The Balaban J connectivity index is 1.51. The Labute approximate surface area is 180 Å². The van der Waals surface area contributed by atoms with Gasteiger partial charge in [0.1, 0.15) is 15.9 Å². The number of hydrogen-bond donors (Lipinski definition) is 1. The second-order valence-corrected chi connectivity index (χ2v) is 9.19. The molecular formula is C20H16N4O2S3. The Morgan fingerprint density at radius 3 is 2.76 bits per heavy atom. The van der Waals surface area contributed by atoms with Crippen molar-refractivity contribution in [2.75, 3.05) is 16.9 Å². The smallest absolute Gasteiger partial charge is 0.267 e. The fraction of sp³-hybridized carbons (Fsp3) is 0.200. The number of carbonyl (C=O) groups excluding carboxylic acids is 2.